The molecule has 1 saturated heterocycles. The highest BCUT2D eigenvalue weighted by Crippen LogP contribution is 2.32. The number of likely N-dealkylation sites (tertiary alicyclic amines) is 1. The van der Waals surface area contributed by atoms with E-state index in [4.69, 9.17) is 25.8 Å². The van der Waals surface area contributed by atoms with Crippen LogP contribution in [0.3, 0.4) is 0 Å². The molecule has 2 aromatic carbocycles. The number of halogens is 1. The van der Waals surface area contributed by atoms with Crippen LogP contribution < -0.4 is 14.2 Å². The van der Waals surface area contributed by atoms with Gasteiger partial charge >= 0.3 is 5.97 Å². The van der Waals surface area contributed by atoms with Crippen molar-refractivity contribution in [2.75, 3.05) is 26.2 Å². The summed E-state index contributed by atoms with van der Waals surface area (Å²) in [5, 5.41) is 9.87. The van der Waals surface area contributed by atoms with Crippen molar-refractivity contribution in [3.63, 3.8) is 0 Å². The Labute approximate surface area is 199 Å². The van der Waals surface area contributed by atoms with Crippen molar-refractivity contribution in [3.8, 4) is 17.2 Å². The third kappa shape index (κ3) is 6.21. The van der Waals surface area contributed by atoms with Crippen LogP contribution in [-0.2, 0) is 11.4 Å². The molecule has 7 heteroatoms. The Morgan fingerprint density at radius 2 is 2.12 bits per heavy atom. The van der Waals surface area contributed by atoms with Gasteiger partial charge in [0, 0.05) is 24.7 Å². The molecule has 2 aliphatic rings. The van der Waals surface area contributed by atoms with E-state index in [1.165, 1.54) is 0 Å². The molecule has 0 aliphatic carbocycles. The maximum Gasteiger partial charge on any atom is 0.307 e. The van der Waals surface area contributed by atoms with Gasteiger partial charge in [0.05, 0.1) is 17.0 Å². The molecule has 0 amide bonds. The summed E-state index contributed by atoms with van der Waals surface area (Å²) in [5.41, 5.74) is 3.12. The lowest BCUT2D eigenvalue weighted by molar-refractivity contribution is -0.143. The van der Waals surface area contributed by atoms with Gasteiger partial charge in [0.2, 0.25) is 0 Å². The molecule has 0 aromatic heterocycles. The monoisotopic (exact) mass is 471 g/mol. The fourth-order valence-corrected chi connectivity index (χ4v) is 4.46. The lowest BCUT2D eigenvalue weighted by Gasteiger charge is -2.32. The first-order valence-corrected chi connectivity index (χ1v) is 11.7. The van der Waals surface area contributed by atoms with E-state index in [2.05, 4.69) is 11.0 Å². The minimum atomic E-state index is -0.700. The van der Waals surface area contributed by atoms with E-state index in [9.17, 15) is 9.90 Å². The number of ether oxygens (including phenoxy) is 3. The molecule has 176 valence electrons. The Kier molecular flexibility index (Phi) is 7.46. The summed E-state index contributed by atoms with van der Waals surface area (Å²) in [7, 11) is 0. The predicted octanol–water partition coefficient (Wildman–Crippen LogP) is 5.28. The highest BCUT2D eigenvalue weighted by molar-refractivity contribution is 6.32. The van der Waals surface area contributed by atoms with Gasteiger partial charge in [-0.2, -0.15) is 0 Å². The fraction of sp³-hybridized carbons (Fsp3) is 0.423. The van der Waals surface area contributed by atoms with Crippen molar-refractivity contribution in [2.24, 2.45) is 5.92 Å². The maximum atomic E-state index is 11.3. The summed E-state index contributed by atoms with van der Waals surface area (Å²) in [6, 6.07) is 11.5. The van der Waals surface area contributed by atoms with E-state index >= 15 is 0 Å². The Balaban J connectivity index is 1.35. The van der Waals surface area contributed by atoms with E-state index < -0.39 is 5.97 Å². The highest BCUT2D eigenvalue weighted by Gasteiger charge is 2.26. The van der Waals surface area contributed by atoms with E-state index in [1.807, 2.05) is 50.2 Å². The van der Waals surface area contributed by atoms with Gasteiger partial charge in [-0.25, -0.2) is 0 Å². The number of hydrogen-bond acceptors (Lipinski definition) is 5. The lowest BCUT2D eigenvalue weighted by Crippen LogP contribution is -2.40. The third-order valence-electron chi connectivity index (χ3n) is 5.80. The molecule has 0 radical (unpaired) electrons. The van der Waals surface area contributed by atoms with Crippen LogP contribution in [0.25, 0.3) is 6.08 Å². The number of carboxylic acid groups (broad SMARTS) is 1. The first kappa shape index (κ1) is 23.5. The number of rotatable bonds is 8. The standard InChI is InChI=1S/C26H30ClNO5/c1-17(2)33-24-8-5-18(11-23(24)27)15-31-22-7-6-20-10-19(16-32-25(20)12-22)13-28-9-3-4-21(14-28)26(29)30/h5-8,10-12,17,21H,3-4,9,13-16H2,1-2H3,(H,29,30)/t21-/m0/s1. The summed E-state index contributed by atoms with van der Waals surface area (Å²) in [6.07, 6.45) is 3.88. The van der Waals surface area contributed by atoms with Crippen LogP contribution in [0, 0.1) is 5.92 Å². The van der Waals surface area contributed by atoms with Crippen LogP contribution in [0.4, 0.5) is 0 Å². The minimum Gasteiger partial charge on any atom is -0.489 e. The van der Waals surface area contributed by atoms with Gasteiger partial charge in [-0.1, -0.05) is 17.7 Å². The van der Waals surface area contributed by atoms with Crippen molar-refractivity contribution in [2.45, 2.75) is 39.4 Å². The van der Waals surface area contributed by atoms with Crippen LogP contribution in [0.2, 0.25) is 5.02 Å². The number of carboxylic acids is 1. The van der Waals surface area contributed by atoms with Gasteiger partial charge < -0.3 is 19.3 Å². The van der Waals surface area contributed by atoms with E-state index in [0.29, 0.717) is 30.5 Å². The Morgan fingerprint density at radius 3 is 2.88 bits per heavy atom. The molecule has 0 spiro atoms. The second-order valence-corrected chi connectivity index (χ2v) is 9.33. The normalized spacial score (nSPS) is 18.3. The second kappa shape index (κ2) is 10.5. The van der Waals surface area contributed by atoms with Gasteiger partial charge in [0.25, 0.3) is 0 Å². The maximum absolute atomic E-state index is 11.3. The number of benzene rings is 2. The lowest BCUT2D eigenvalue weighted by atomic mass is 9.97. The smallest absolute Gasteiger partial charge is 0.307 e. The second-order valence-electron chi connectivity index (χ2n) is 8.92. The Hall–Kier alpha value is -2.70. The SMILES string of the molecule is CC(C)Oc1ccc(COc2ccc3c(c2)OCC(CN2CCC[C@H](C(=O)O)C2)=C3)cc1Cl. The van der Waals surface area contributed by atoms with Gasteiger partial charge in [0.15, 0.2) is 0 Å². The summed E-state index contributed by atoms with van der Waals surface area (Å²) >= 11 is 6.32. The quantitative estimate of drug-likeness (QED) is 0.565. The predicted molar refractivity (Wildman–Crippen MR) is 128 cm³/mol. The zero-order valence-electron chi connectivity index (χ0n) is 19.1. The van der Waals surface area contributed by atoms with Crippen LogP contribution >= 0.6 is 11.6 Å². The van der Waals surface area contributed by atoms with Gasteiger partial charge in [-0.05, 0) is 74.7 Å². The van der Waals surface area contributed by atoms with Crippen molar-refractivity contribution < 1.29 is 24.1 Å². The number of hydrogen-bond donors (Lipinski definition) is 1. The van der Waals surface area contributed by atoms with Crippen LogP contribution in [0.5, 0.6) is 17.2 Å². The van der Waals surface area contributed by atoms with Crippen LogP contribution in [0.1, 0.15) is 37.8 Å². The van der Waals surface area contributed by atoms with E-state index in [1.54, 1.807) is 0 Å². The molecule has 0 unspecified atom stereocenters. The van der Waals surface area contributed by atoms with Crippen molar-refractivity contribution in [1.82, 2.24) is 4.90 Å². The molecular weight excluding hydrogens is 442 g/mol. The first-order chi connectivity index (χ1) is 15.9. The van der Waals surface area contributed by atoms with Gasteiger partial charge in [-0.3, -0.25) is 9.69 Å². The summed E-state index contributed by atoms with van der Waals surface area (Å²) < 4.78 is 17.6. The Bertz CT molecular complexity index is 1040. The molecule has 1 atom stereocenters. The average molecular weight is 472 g/mol. The van der Waals surface area contributed by atoms with Gasteiger partial charge in [-0.15, -0.1) is 0 Å². The molecule has 0 saturated carbocycles. The number of carbonyl (C=O) groups is 1. The molecule has 1 N–H and O–H groups in total. The van der Waals surface area contributed by atoms with Gasteiger partial charge in [0.1, 0.15) is 30.5 Å². The van der Waals surface area contributed by atoms with Crippen LogP contribution in [-0.4, -0.2) is 48.3 Å². The number of nitrogens with zero attached hydrogens (tertiary/aromatic N) is 1. The van der Waals surface area contributed by atoms with Crippen LogP contribution in [0.15, 0.2) is 42.0 Å². The number of aliphatic carboxylic acids is 1. The minimum absolute atomic E-state index is 0.0659. The molecule has 0 bridgehead atoms. The molecule has 2 aliphatic heterocycles. The number of fused-ring (bicyclic) bond motifs is 1. The Morgan fingerprint density at radius 1 is 1.27 bits per heavy atom. The zero-order valence-corrected chi connectivity index (χ0v) is 19.8. The summed E-state index contributed by atoms with van der Waals surface area (Å²) in [4.78, 5) is 13.5. The zero-order chi connectivity index (χ0) is 23.4. The first-order valence-electron chi connectivity index (χ1n) is 11.4. The third-order valence-corrected chi connectivity index (χ3v) is 6.10. The molecular formula is C26H30ClNO5. The molecule has 6 nitrogen and oxygen atoms in total. The van der Waals surface area contributed by atoms with E-state index in [-0.39, 0.29) is 12.0 Å². The largest absolute Gasteiger partial charge is 0.489 e. The molecule has 33 heavy (non-hydrogen) atoms. The highest BCUT2D eigenvalue weighted by atomic mass is 35.5. The average Bonchev–Trinajstić information content (AvgIpc) is 2.79. The summed E-state index contributed by atoms with van der Waals surface area (Å²) in [6.45, 7) is 7.08. The summed E-state index contributed by atoms with van der Waals surface area (Å²) in [5.74, 6) is 1.21. The number of piperidine rings is 1. The van der Waals surface area contributed by atoms with Crippen molar-refractivity contribution in [1.29, 1.82) is 0 Å². The van der Waals surface area contributed by atoms with E-state index in [0.717, 1.165) is 54.1 Å². The van der Waals surface area contributed by atoms with Crippen molar-refractivity contribution in [3.05, 3.63) is 58.1 Å². The molecule has 2 heterocycles. The molecule has 4 rings (SSSR count). The molecule has 1 fully saturated rings. The molecule has 2 aromatic rings. The van der Waals surface area contributed by atoms with Crippen molar-refractivity contribution >= 4 is 23.6 Å². The topological polar surface area (TPSA) is 68.2 Å². The fourth-order valence-electron chi connectivity index (χ4n) is 4.21.